The maximum absolute atomic E-state index is 13.6. The lowest BCUT2D eigenvalue weighted by Gasteiger charge is -2.24. The van der Waals surface area contributed by atoms with Gasteiger partial charge in [0.25, 0.3) is 5.91 Å². The van der Waals surface area contributed by atoms with Gasteiger partial charge in [0, 0.05) is 19.0 Å². The Balaban J connectivity index is 1.28. The number of carbonyl (C=O) groups excluding carboxylic acids is 3. The van der Waals surface area contributed by atoms with Crippen LogP contribution in [0, 0.1) is 11.3 Å². The Morgan fingerprint density at radius 2 is 1.33 bits per heavy atom. The number of benzene rings is 4. The molecule has 13 nitrogen and oxygen atoms in total. The Kier molecular flexibility index (Phi) is 10.6. The molecule has 0 saturated carbocycles. The van der Waals surface area contributed by atoms with Gasteiger partial charge in [-0.1, -0.05) is 97.1 Å². The van der Waals surface area contributed by atoms with Gasteiger partial charge in [-0.3, -0.25) is 9.36 Å². The summed E-state index contributed by atoms with van der Waals surface area (Å²) in [4.78, 5) is 54.1. The number of likely N-dealkylation sites (N-methyl/N-ethyl adjacent to an activating group) is 1. The van der Waals surface area contributed by atoms with E-state index in [-0.39, 0.29) is 40.9 Å². The number of carbonyl (C=O) groups is 3. The lowest BCUT2D eigenvalue weighted by atomic mass is 9.91. The second-order valence-corrected chi connectivity index (χ2v) is 12.4. The van der Waals surface area contributed by atoms with Crippen molar-refractivity contribution in [1.82, 2.24) is 24.8 Å². The van der Waals surface area contributed by atoms with Gasteiger partial charge in [0.2, 0.25) is 5.82 Å². The number of amides is 1. The van der Waals surface area contributed by atoms with Crippen LogP contribution in [-0.4, -0.2) is 68.8 Å². The van der Waals surface area contributed by atoms with Gasteiger partial charge < -0.3 is 24.8 Å². The molecule has 0 bridgehead atoms. The summed E-state index contributed by atoms with van der Waals surface area (Å²) in [6.45, 7) is 2.39. The summed E-state index contributed by atoms with van der Waals surface area (Å²) in [5, 5.41) is 16.1. The van der Waals surface area contributed by atoms with Crippen LogP contribution in [0.3, 0.4) is 0 Å². The third-order valence-corrected chi connectivity index (χ3v) is 8.98. The highest BCUT2D eigenvalue weighted by atomic mass is 16.6. The highest BCUT2D eigenvalue weighted by molar-refractivity contribution is 5.91. The van der Waals surface area contributed by atoms with E-state index in [0.29, 0.717) is 12.1 Å². The Hall–Kier alpha value is -6.91. The number of ether oxygens (including phenoxy) is 3. The van der Waals surface area contributed by atoms with Crippen LogP contribution in [0.25, 0.3) is 11.2 Å². The smallest absolute Gasteiger partial charge is 0.338 e. The SMILES string of the molecule is CCNC(=O)[C@H]1O[C@@H](n2cnc3c(NCC(c4ccccc4)c4ccccc4)nc(C#N)nc32)[C@H](OC(=O)c2ccccc2)[C@H]1OC(=O)c1ccccc1. The summed E-state index contributed by atoms with van der Waals surface area (Å²) < 4.78 is 19.8. The van der Waals surface area contributed by atoms with E-state index in [1.165, 1.54) is 10.9 Å². The van der Waals surface area contributed by atoms with E-state index in [4.69, 9.17) is 14.2 Å². The lowest BCUT2D eigenvalue weighted by Crippen LogP contribution is -2.46. The fraction of sp³-hybridized carbons (Fsp3) is 0.195. The average Bonchev–Trinajstić information content (AvgIpc) is 3.80. The summed E-state index contributed by atoms with van der Waals surface area (Å²) in [6, 6.07) is 38.5. The Morgan fingerprint density at radius 3 is 1.87 bits per heavy atom. The topological polar surface area (TPSA) is 170 Å². The van der Waals surface area contributed by atoms with Crippen LogP contribution in [0.4, 0.5) is 5.82 Å². The number of hydrogen-bond acceptors (Lipinski definition) is 11. The van der Waals surface area contributed by atoms with Gasteiger partial charge in [0.1, 0.15) is 6.07 Å². The van der Waals surface area contributed by atoms with Crippen LogP contribution in [0.15, 0.2) is 128 Å². The fourth-order valence-corrected chi connectivity index (χ4v) is 6.41. The van der Waals surface area contributed by atoms with E-state index in [0.717, 1.165) is 11.1 Å². The summed E-state index contributed by atoms with van der Waals surface area (Å²) in [7, 11) is 0. The molecule has 7 rings (SSSR count). The molecule has 4 aromatic carbocycles. The van der Waals surface area contributed by atoms with Gasteiger partial charge >= 0.3 is 11.9 Å². The molecule has 1 fully saturated rings. The minimum Gasteiger partial charge on any atom is -0.451 e. The maximum Gasteiger partial charge on any atom is 0.338 e. The molecule has 0 unspecified atom stereocenters. The van der Waals surface area contributed by atoms with E-state index in [2.05, 4.69) is 25.6 Å². The first-order valence-corrected chi connectivity index (χ1v) is 17.4. The molecule has 1 aliphatic rings. The van der Waals surface area contributed by atoms with Crippen LogP contribution in [-0.2, 0) is 19.0 Å². The molecule has 3 heterocycles. The Bertz CT molecular complexity index is 2240. The maximum atomic E-state index is 13.6. The zero-order valence-corrected chi connectivity index (χ0v) is 29.1. The van der Waals surface area contributed by atoms with Gasteiger partial charge in [-0.25, -0.2) is 14.6 Å². The first-order chi connectivity index (χ1) is 26.4. The molecule has 1 aliphatic heterocycles. The first kappa shape index (κ1) is 35.5. The number of nitriles is 1. The first-order valence-electron chi connectivity index (χ1n) is 17.4. The molecule has 0 spiro atoms. The predicted molar refractivity (Wildman–Crippen MR) is 197 cm³/mol. The molecule has 1 amide bonds. The average molecular weight is 722 g/mol. The summed E-state index contributed by atoms with van der Waals surface area (Å²) in [6.07, 6.45) is -4.04. The van der Waals surface area contributed by atoms with Crippen LogP contribution >= 0.6 is 0 Å². The van der Waals surface area contributed by atoms with Gasteiger partial charge in [-0.05, 0) is 42.3 Å². The number of aromatic nitrogens is 4. The molecule has 13 heteroatoms. The van der Waals surface area contributed by atoms with Crippen molar-refractivity contribution in [3.05, 3.63) is 156 Å². The highest BCUT2D eigenvalue weighted by Crippen LogP contribution is 2.37. The molecule has 54 heavy (non-hydrogen) atoms. The third kappa shape index (κ3) is 7.50. The van der Waals surface area contributed by atoms with Crippen molar-refractivity contribution in [2.24, 2.45) is 0 Å². The summed E-state index contributed by atoms with van der Waals surface area (Å²) in [5.74, 6) is -2.02. The van der Waals surface area contributed by atoms with Crippen molar-refractivity contribution >= 4 is 34.8 Å². The van der Waals surface area contributed by atoms with Crippen molar-refractivity contribution in [1.29, 1.82) is 5.26 Å². The second kappa shape index (κ2) is 16.2. The van der Waals surface area contributed by atoms with E-state index in [1.54, 1.807) is 67.6 Å². The van der Waals surface area contributed by atoms with Gasteiger partial charge in [-0.2, -0.15) is 15.2 Å². The largest absolute Gasteiger partial charge is 0.451 e. The van der Waals surface area contributed by atoms with Crippen LogP contribution in [0.5, 0.6) is 0 Å². The number of rotatable bonds is 12. The zero-order valence-electron chi connectivity index (χ0n) is 29.1. The third-order valence-electron chi connectivity index (χ3n) is 8.98. The number of hydrogen-bond donors (Lipinski definition) is 2. The second-order valence-electron chi connectivity index (χ2n) is 12.4. The van der Waals surface area contributed by atoms with Crippen molar-refractivity contribution in [2.75, 3.05) is 18.4 Å². The standard InChI is InChI=1S/C41H35N7O6/c1-2-43-38(49)34-33(53-40(50)28-19-11-5-12-20-28)35(54-41(51)29-21-13-6-14-22-29)39(52-34)48-25-45-32-36(46-31(23-42)47-37(32)48)44-24-30(26-15-7-3-8-16-26)27-17-9-4-10-18-27/h3-22,25,30,33-35,39H,2,24H2,1H3,(H,43,49)(H,44,46,47)/t33-,34-,35+,39+/m0/s1. The van der Waals surface area contributed by atoms with Crippen molar-refractivity contribution < 1.29 is 28.6 Å². The molecule has 1 saturated heterocycles. The number of anilines is 1. The van der Waals surface area contributed by atoms with Crippen molar-refractivity contribution in [2.45, 2.75) is 37.4 Å². The van der Waals surface area contributed by atoms with E-state index in [1.807, 2.05) is 66.7 Å². The van der Waals surface area contributed by atoms with Crippen LogP contribution in [0.1, 0.15) is 56.7 Å². The number of fused-ring (bicyclic) bond motifs is 1. The lowest BCUT2D eigenvalue weighted by molar-refractivity contribution is -0.137. The normalized spacial score (nSPS) is 17.8. The van der Waals surface area contributed by atoms with Crippen molar-refractivity contribution in [3.63, 3.8) is 0 Å². The molecular weight excluding hydrogens is 686 g/mol. The molecule has 6 aromatic rings. The summed E-state index contributed by atoms with van der Waals surface area (Å²) >= 11 is 0. The Morgan fingerprint density at radius 1 is 0.796 bits per heavy atom. The molecule has 270 valence electrons. The molecule has 2 aromatic heterocycles. The monoisotopic (exact) mass is 721 g/mol. The highest BCUT2D eigenvalue weighted by Gasteiger charge is 2.54. The molecular formula is C41H35N7O6. The van der Waals surface area contributed by atoms with Gasteiger partial charge in [-0.15, -0.1) is 0 Å². The number of esters is 2. The van der Waals surface area contributed by atoms with E-state index >= 15 is 0 Å². The molecule has 0 aliphatic carbocycles. The number of nitrogens with zero attached hydrogens (tertiary/aromatic N) is 5. The number of imidazole rings is 1. The predicted octanol–water partition coefficient (Wildman–Crippen LogP) is 5.43. The zero-order chi connectivity index (χ0) is 37.4. The summed E-state index contributed by atoms with van der Waals surface area (Å²) in [5.41, 5.74) is 3.06. The van der Waals surface area contributed by atoms with Crippen molar-refractivity contribution in [3.8, 4) is 6.07 Å². The molecule has 0 radical (unpaired) electrons. The van der Waals surface area contributed by atoms with E-state index in [9.17, 15) is 19.6 Å². The molecule has 2 N–H and O–H groups in total. The minimum atomic E-state index is -1.40. The van der Waals surface area contributed by atoms with Gasteiger partial charge in [0.05, 0.1) is 17.5 Å². The molecule has 4 atom stereocenters. The van der Waals surface area contributed by atoms with E-state index < -0.39 is 42.4 Å². The Labute approximate surface area is 310 Å². The van der Waals surface area contributed by atoms with Crippen LogP contribution < -0.4 is 10.6 Å². The fourth-order valence-electron chi connectivity index (χ4n) is 6.41. The number of nitrogens with one attached hydrogen (secondary N) is 2. The van der Waals surface area contributed by atoms with Gasteiger partial charge in [0.15, 0.2) is 41.5 Å². The minimum absolute atomic E-state index is 0.0807. The quantitative estimate of drug-likeness (QED) is 0.155. The van der Waals surface area contributed by atoms with Crippen LogP contribution in [0.2, 0.25) is 0 Å².